The molecule has 1 amide bonds. The summed E-state index contributed by atoms with van der Waals surface area (Å²) in [6.07, 6.45) is 2.01. The van der Waals surface area contributed by atoms with Crippen LogP contribution in [0.25, 0.3) is 0 Å². The number of nitrogens with zero attached hydrogens (tertiary/aromatic N) is 1. The van der Waals surface area contributed by atoms with Crippen molar-refractivity contribution in [2.24, 2.45) is 0 Å². The van der Waals surface area contributed by atoms with Crippen molar-refractivity contribution in [3.63, 3.8) is 0 Å². The number of hydrogen-bond acceptors (Lipinski definition) is 4. The minimum Gasteiger partial charge on any atom is -0.495 e. The zero-order chi connectivity index (χ0) is 21.0. The lowest BCUT2D eigenvalue weighted by Crippen LogP contribution is -2.48. The summed E-state index contributed by atoms with van der Waals surface area (Å²) >= 11 is 12.1. The number of ether oxygens (including phenoxy) is 1. The van der Waals surface area contributed by atoms with Gasteiger partial charge in [-0.05, 0) is 61.2 Å². The smallest absolute Gasteiger partial charge is 0.244 e. The fourth-order valence-electron chi connectivity index (χ4n) is 3.29. The summed E-state index contributed by atoms with van der Waals surface area (Å²) in [6.45, 7) is 0.547. The van der Waals surface area contributed by atoms with Crippen LogP contribution >= 0.6 is 23.2 Å². The van der Waals surface area contributed by atoms with E-state index in [4.69, 9.17) is 27.9 Å². The predicted octanol–water partition coefficient (Wildman–Crippen LogP) is 3.86. The van der Waals surface area contributed by atoms with E-state index in [1.165, 1.54) is 35.7 Å². The lowest BCUT2D eigenvalue weighted by atomic mass is 10.1. The third-order valence-corrected chi connectivity index (χ3v) is 7.24. The lowest BCUT2D eigenvalue weighted by molar-refractivity contribution is -0.124. The van der Waals surface area contributed by atoms with Gasteiger partial charge in [0.15, 0.2) is 0 Å². The van der Waals surface area contributed by atoms with E-state index in [0.29, 0.717) is 34.3 Å². The lowest BCUT2D eigenvalue weighted by Gasteiger charge is -2.29. The van der Waals surface area contributed by atoms with Crippen LogP contribution in [0.4, 0.5) is 0 Å². The van der Waals surface area contributed by atoms with Crippen molar-refractivity contribution >= 4 is 39.1 Å². The van der Waals surface area contributed by atoms with Crippen molar-refractivity contribution in [1.29, 1.82) is 0 Å². The number of rotatable bonds is 6. The molecule has 2 aromatic carbocycles. The Morgan fingerprint density at radius 2 is 1.86 bits per heavy atom. The highest BCUT2D eigenvalue weighted by Crippen LogP contribution is 2.29. The Morgan fingerprint density at radius 3 is 2.52 bits per heavy atom. The van der Waals surface area contributed by atoms with Crippen LogP contribution in [0, 0.1) is 0 Å². The summed E-state index contributed by atoms with van der Waals surface area (Å²) in [7, 11) is -2.45. The number of hydrogen-bond donors (Lipinski definition) is 1. The minimum absolute atomic E-state index is 0.00671. The Hall–Kier alpha value is -1.80. The summed E-state index contributed by atoms with van der Waals surface area (Å²) in [4.78, 5) is 12.7. The third kappa shape index (κ3) is 5.04. The van der Waals surface area contributed by atoms with Gasteiger partial charge in [-0.2, -0.15) is 4.31 Å². The predicted molar refractivity (Wildman–Crippen MR) is 113 cm³/mol. The van der Waals surface area contributed by atoms with E-state index in [1.54, 1.807) is 18.2 Å². The maximum absolute atomic E-state index is 13.5. The molecule has 156 valence electrons. The molecule has 6 nitrogen and oxygen atoms in total. The largest absolute Gasteiger partial charge is 0.495 e. The molecule has 0 radical (unpaired) electrons. The number of methoxy groups -OCH3 is 1. The van der Waals surface area contributed by atoms with Crippen LogP contribution in [0.3, 0.4) is 0 Å². The molecular formula is C20H22Cl2N2O4S. The van der Waals surface area contributed by atoms with E-state index in [1.807, 2.05) is 0 Å². The van der Waals surface area contributed by atoms with E-state index in [2.05, 4.69) is 5.32 Å². The van der Waals surface area contributed by atoms with E-state index in [0.717, 1.165) is 12.8 Å². The SMILES string of the molecule is COc1ccc(CN(C2CCCCNC2=O)S(=O)(=O)c2ccc(Cl)cc2)cc1Cl. The van der Waals surface area contributed by atoms with Crippen molar-refractivity contribution in [3.05, 3.63) is 58.1 Å². The summed E-state index contributed by atoms with van der Waals surface area (Å²) in [5.41, 5.74) is 0.658. The average molecular weight is 457 g/mol. The second-order valence-corrected chi connectivity index (χ2v) is 9.51. The van der Waals surface area contributed by atoms with Crippen molar-refractivity contribution < 1.29 is 17.9 Å². The second kappa shape index (κ2) is 9.34. The number of nitrogens with one attached hydrogen (secondary N) is 1. The average Bonchev–Trinajstić information content (AvgIpc) is 2.90. The molecule has 0 aliphatic carbocycles. The first-order chi connectivity index (χ1) is 13.8. The molecule has 1 fully saturated rings. The van der Waals surface area contributed by atoms with Gasteiger partial charge < -0.3 is 10.1 Å². The van der Waals surface area contributed by atoms with Gasteiger partial charge in [-0.25, -0.2) is 8.42 Å². The van der Waals surface area contributed by atoms with Crippen LogP contribution in [0.1, 0.15) is 24.8 Å². The first-order valence-corrected chi connectivity index (χ1v) is 11.4. The van der Waals surface area contributed by atoms with Gasteiger partial charge in [0.1, 0.15) is 11.8 Å². The summed E-state index contributed by atoms with van der Waals surface area (Å²) in [5.74, 6) is 0.203. The van der Waals surface area contributed by atoms with Crippen molar-refractivity contribution in [2.75, 3.05) is 13.7 Å². The molecule has 0 bridgehead atoms. The standard InChI is InChI=1S/C20H22Cl2N2O4S/c1-28-19-10-5-14(12-17(19)22)13-24(18-4-2-3-11-23-20(18)25)29(26,27)16-8-6-15(21)7-9-16/h5-10,12,18H,2-4,11,13H2,1H3,(H,23,25). The van der Waals surface area contributed by atoms with Gasteiger partial charge in [-0.3, -0.25) is 4.79 Å². The quantitative estimate of drug-likeness (QED) is 0.715. The van der Waals surface area contributed by atoms with E-state index < -0.39 is 16.1 Å². The molecule has 0 aromatic heterocycles. The Labute approximate surface area is 180 Å². The fraction of sp³-hybridized carbons (Fsp3) is 0.350. The maximum Gasteiger partial charge on any atom is 0.244 e. The van der Waals surface area contributed by atoms with E-state index in [-0.39, 0.29) is 17.3 Å². The van der Waals surface area contributed by atoms with E-state index in [9.17, 15) is 13.2 Å². The van der Waals surface area contributed by atoms with Gasteiger partial charge in [0.05, 0.1) is 17.0 Å². The van der Waals surface area contributed by atoms with Gasteiger partial charge in [0.25, 0.3) is 0 Å². The second-order valence-electron chi connectivity index (χ2n) is 6.78. The highest BCUT2D eigenvalue weighted by atomic mass is 35.5. The van der Waals surface area contributed by atoms with Gasteiger partial charge in [0, 0.05) is 18.1 Å². The summed E-state index contributed by atoms with van der Waals surface area (Å²) in [5, 5.41) is 3.62. The Bertz CT molecular complexity index is 980. The van der Waals surface area contributed by atoms with Gasteiger partial charge >= 0.3 is 0 Å². The van der Waals surface area contributed by atoms with Crippen LogP contribution in [0.2, 0.25) is 10.0 Å². The molecule has 1 aliphatic heterocycles. The molecule has 0 spiro atoms. The first-order valence-electron chi connectivity index (χ1n) is 9.20. The molecule has 1 N–H and O–H groups in total. The summed E-state index contributed by atoms with van der Waals surface area (Å²) in [6, 6.07) is 10.2. The van der Waals surface area contributed by atoms with Gasteiger partial charge in [-0.15, -0.1) is 0 Å². The van der Waals surface area contributed by atoms with Crippen LogP contribution in [-0.2, 0) is 21.4 Å². The number of carbonyl (C=O) groups is 1. The van der Waals surface area contributed by atoms with Crippen LogP contribution in [0.5, 0.6) is 5.75 Å². The highest BCUT2D eigenvalue weighted by molar-refractivity contribution is 7.89. The highest BCUT2D eigenvalue weighted by Gasteiger charge is 2.36. The molecular weight excluding hydrogens is 435 g/mol. The number of carbonyl (C=O) groups excluding carboxylic acids is 1. The number of amides is 1. The Balaban J connectivity index is 2.02. The van der Waals surface area contributed by atoms with Crippen LogP contribution < -0.4 is 10.1 Å². The van der Waals surface area contributed by atoms with Gasteiger partial charge in [-0.1, -0.05) is 29.3 Å². The first kappa shape index (κ1) is 21.9. The molecule has 2 aromatic rings. The topological polar surface area (TPSA) is 75.7 Å². The van der Waals surface area contributed by atoms with Crippen molar-refractivity contribution in [3.8, 4) is 5.75 Å². The van der Waals surface area contributed by atoms with Gasteiger partial charge in [0.2, 0.25) is 15.9 Å². The van der Waals surface area contributed by atoms with Crippen molar-refractivity contribution in [2.45, 2.75) is 36.7 Å². The fourth-order valence-corrected chi connectivity index (χ4v) is 5.30. The zero-order valence-corrected chi connectivity index (χ0v) is 18.2. The zero-order valence-electron chi connectivity index (χ0n) is 15.9. The molecule has 1 aliphatic rings. The number of benzene rings is 2. The maximum atomic E-state index is 13.5. The van der Waals surface area contributed by atoms with Crippen molar-refractivity contribution in [1.82, 2.24) is 9.62 Å². The number of halogens is 2. The Morgan fingerprint density at radius 1 is 1.14 bits per heavy atom. The Kier molecular flexibility index (Phi) is 7.05. The monoisotopic (exact) mass is 456 g/mol. The molecule has 1 unspecified atom stereocenters. The molecule has 1 heterocycles. The number of sulfonamides is 1. The molecule has 29 heavy (non-hydrogen) atoms. The van der Waals surface area contributed by atoms with E-state index >= 15 is 0 Å². The van der Waals surface area contributed by atoms with Crippen LogP contribution in [-0.4, -0.2) is 38.3 Å². The molecule has 0 saturated carbocycles. The normalized spacial score (nSPS) is 17.7. The third-order valence-electron chi connectivity index (χ3n) is 4.83. The molecule has 1 saturated heterocycles. The molecule has 3 rings (SSSR count). The minimum atomic E-state index is -3.95. The summed E-state index contributed by atoms with van der Waals surface area (Å²) < 4.78 is 33.3. The van der Waals surface area contributed by atoms with Crippen LogP contribution in [0.15, 0.2) is 47.4 Å². The molecule has 9 heteroatoms. The molecule has 1 atom stereocenters.